The number of nitrogens with two attached hydrogens (primary N) is 1. The summed E-state index contributed by atoms with van der Waals surface area (Å²) >= 11 is 0. The lowest BCUT2D eigenvalue weighted by Gasteiger charge is -2.39. The van der Waals surface area contributed by atoms with Crippen molar-refractivity contribution in [3.63, 3.8) is 0 Å². The number of rotatable bonds is 4. The quantitative estimate of drug-likeness (QED) is 0.890. The molecule has 1 aliphatic heterocycles. The van der Waals surface area contributed by atoms with E-state index in [2.05, 4.69) is 19.2 Å². The van der Waals surface area contributed by atoms with Crippen LogP contribution in [-0.4, -0.2) is 35.3 Å². The molecule has 1 heterocycles. The van der Waals surface area contributed by atoms with Gasteiger partial charge in [0.05, 0.1) is 12.1 Å². The summed E-state index contributed by atoms with van der Waals surface area (Å²) in [6, 6.07) is 7.52. The number of hydrogen-bond acceptors (Lipinski definition) is 3. The maximum atomic E-state index is 12.4. The molecule has 1 aliphatic rings. The third kappa shape index (κ3) is 3.54. The predicted octanol–water partition coefficient (Wildman–Crippen LogP) is 1.99. The first-order valence-electron chi connectivity index (χ1n) is 7.44. The Hall–Kier alpha value is -2.04. The largest absolute Gasteiger partial charge is 0.376 e. The minimum atomic E-state index is -0.495. The van der Waals surface area contributed by atoms with E-state index < -0.39 is 5.91 Å². The zero-order valence-corrected chi connectivity index (χ0v) is 12.6. The number of carbonyl (C=O) groups is 2. The number of carbonyl (C=O) groups excluding carboxylic acids is 2. The molecule has 5 heteroatoms. The minimum Gasteiger partial charge on any atom is -0.376 e. The highest BCUT2D eigenvalue weighted by atomic mass is 16.2. The van der Waals surface area contributed by atoms with Gasteiger partial charge in [-0.1, -0.05) is 12.1 Å². The highest BCUT2D eigenvalue weighted by molar-refractivity contribution is 5.99. The van der Waals surface area contributed by atoms with Crippen LogP contribution in [0.1, 0.15) is 43.5 Å². The lowest BCUT2D eigenvalue weighted by atomic mass is 9.97. The van der Waals surface area contributed by atoms with Crippen molar-refractivity contribution in [2.24, 2.45) is 5.73 Å². The number of likely N-dealkylation sites (tertiary alicyclic amines) is 1. The molecule has 0 bridgehead atoms. The van der Waals surface area contributed by atoms with Crippen LogP contribution in [0, 0.1) is 0 Å². The van der Waals surface area contributed by atoms with Gasteiger partial charge in [0.25, 0.3) is 5.91 Å². The summed E-state index contributed by atoms with van der Waals surface area (Å²) < 4.78 is 0. The van der Waals surface area contributed by atoms with E-state index in [0.717, 1.165) is 12.8 Å². The van der Waals surface area contributed by atoms with E-state index in [1.54, 1.807) is 18.2 Å². The molecule has 114 valence electrons. The Morgan fingerprint density at radius 2 is 1.86 bits per heavy atom. The molecule has 0 saturated carbocycles. The summed E-state index contributed by atoms with van der Waals surface area (Å²) in [4.78, 5) is 25.7. The molecular weight excluding hydrogens is 266 g/mol. The smallest absolute Gasteiger partial charge is 0.250 e. The first kappa shape index (κ1) is 15.4. The third-order valence-electron chi connectivity index (χ3n) is 4.10. The lowest BCUT2D eigenvalue weighted by Crippen LogP contribution is -2.49. The summed E-state index contributed by atoms with van der Waals surface area (Å²) in [5.41, 5.74) is 6.35. The molecule has 5 nitrogen and oxygen atoms in total. The van der Waals surface area contributed by atoms with Crippen molar-refractivity contribution < 1.29 is 9.59 Å². The number of nitrogens with one attached hydrogen (secondary N) is 1. The molecule has 0 radical (unpaired) electrons. The van der Waals surface area contributed by atoms with Crippen molar-refractivity contribution in [1.82, 2.24) is 4.90 Å². The summed E-state index contributed by atoms with van der Waals surface area (Å²) in [6.07, 6.45) is 3.27. The second-order valence-electron chi connectivity index (χ2n) is 5.69. The fourth-order valence-electron chi connectivity index (χ4n) is 3.03. The Morgan fingerprint density at radius 1 is 1.24 bits per heavy atom. The van der Waals surface area contributed by atoms with Gasteiger partial charge < -0.3 is 16.0 Å². The summed E-state index contributed by atoms with van der Waals surface area (Å²) in [7, 11) is 0. The van der Waals surface area contributed by atoms with E-state index >= 15 is 0 Å². The van der Waals surface area contributed by atoms with E-state index in [1.807, 2.05) is 11.0 Å². The second kappa shape index (κ2) is 6.61. The standard InChI is InChI=1S/C16H23N3O2/c1-11-6-5-7-12(2)19(11)15(20)10-18-14-9-4-3-8-13(14)16(17)21/h3-4,8-9,11-12,18H,5-7,10H2,1-2H3,(H2,17,21). The number of piperidine rings is 1. The van der Waals surface area contributed by atoms with E-state index in [9.17, 15) is 9.59 Å². The Balaban J connectivity index is 2.02. The van der Waals surface area contributed by atoms with Gasteiger partial charge in [-0.25, -0.2) is 0 Å². The third-order valence-corrected chi connectivity index (χ3v) is 4.10. The lowest BCUT2D eigenvalue weighted by molar-refractivity contribution is -0.135. The number of para-hydroxylation sites is 1. The van der Waals surface area contributed by atoms with Crippen molar-refractivity contribution in [3.8, 4) is 0 Å². The van der Waals surface area contributed by atoms with Crippen molar-refractivity contribution in [2.75, 3.05) is 11.9 Å². The van der Waals surface area contributed by atoms with Crippen LogP contribution in [0.15, 0.2) is 24.3 Å². The van der Waals surface area contributed by atoms with Gasteiger partial charge in [-0.05, 0) is 45.2 Å². The van der Waals surface area contributed by atoms with Crippen molar-refractivity contribution in [1.29, 1.82) is 0 Å². The van der Waals surface area contributed by atoms with Crippen LogP contribution < -0.4 is 11.1 Å². The molecule has 2 atom stereocenters. The first-order chi connectivity index (χ1) is 10.0. The molecule has 0 aromatic heterocycles. The molecule has 2 rings (SSSR count). The highest BCUT2D eigenvalue weighted by Crippen LogP contribution is 2.23. The van der Waals surface area contributed by atoms with Gasteiger partial charge in [0, 0.05) is 17.8 Å². The van der Waals surface area contributed by atoms with Gasteiger partial charge in [-0.2, -0.15) is 0 Å². The number of primary amides is 1. The Bertz CT molecular complexity index is 520. The van der Waals surface area contributed by atoms with Crippen LogP contribution in [-0.2, 0) is 4.79 Å². The maximum absolute atomic E-state index is 12.4. The van der Waals surface area contributed by atoms with Crippen LogP contribution in [0.5, 0.6) is 0 Å². The van der Waals surface area contributed by atoms with Gasteiger partial charge in [0.15, 0.2) is 0 Å². The van der Waals surface area contributed by atoms with Crippen LogP contribution in [0.2, 0.25) is 0 Å². The summed E-state index contributed by atoms with van der Waals surface area (Å²) in [5.74, 6) is -0.431. The Labute approximate surface area is 125 Å². The normalized spacial score (nSPS) is 21.9. The van der Waals surface area contributed by atoms with Gasteiger partial charge in [0.1, 0.15) is 0 Å². The van der Waals surface area contributed by atoms with Gasteiger partial charge >= 0.3 is 0 Å². The molecule has 1 fully saturated rings. The second-order valence-corrected chi connectivity index (χ2v) is 5.69. The summed E-state index contributed by atoms with van der Waals surface area (Å²) in [5, 5.41) is 3.04. The molecule has 0 spiro atoms. The molecule has 3 N–H and O–H groups in total. The molecule has 1 saturated heterocycles. The average Bonchev–Trinajstić information content (AvgIpc) is 2.45. The van der Waals surface area contributed by atoms with Crippen LogP contribution in [0.25, 0.3) is 0 Å². The number of amides is 2. The monoisotopic (exact) mass is 289 g/mol. The average molecular weight is 289 g/mol. The van der Waals surface area contributed by atoms with Crippen LogP contribution >= 0.6 is 0 Å². The molecule has 2 amide bonds. The fourth-order valence-corrected chi connectivity index (χ4v) is 3.03. The molecule has 1 aromatic carbocycles. The van der Waals surface area contributed by atoms with E-state index in [0.29, 0.717) is 11.3 Å². The molecule has 2 unspecified atom stereocenters. The van der Waals surface area contributed by atoms with Crippen molar-refractivity contribution in [2.45, 2.75) is 45.2 Å². The fraction of sp³-hybridized carbons (Fsp3) is 0.500. The van der Waals surface area contributed by atoms with E-state index in [1.165, 1.54) is 6.42 Å². The Morgan fingerprint density at radius 3 is 2.48 bits per heavy atom. The molecule has 0 aliphatic carbocycles. The van der Waals surface area contributed by atoms with Crippen LogP contribution in [0.4, 0.5) is 5.69 Å². The predicted molar refractivity (Wildman–Crippen MR) is 83.1 cm³/mol. The zero-order valence-electron chi connectivity index (χ0n) is 12.6. The van der Waals surface area contributed by atoms with E-state index in [4.69, 9.17) is 5.73 Å². The number of benzene rings is 1. The molecule has 21 heavy (non-hydrogen) atoms. The first-order valence-corrected chi connectivity index (χ1v) is 7.44. The van der Waals surface area contributed by atoms with Gasteiger partial charge in [-0.15, -0.1) is 0 Å². The topological polar surface area (TPSA) is 75.4 Å². The molecule has 1 aromatic rings. The number of anilines is 1. The maximum Gasteiger partial charge on any atom is 0.250 e. The number of hydrogen-bond donors (Lipinski definition) is 2. The number of nitrogens with zero attached hydrogens (tertiary/aromatic N) is 1. The van der Waals surface area contributed by atoms with Gasteiger partial charge in [-0.3, -0.25) is 9.59 Å². The summed E-state index contributed by atoms with van der Waals surface area (Å²) in [6.45, 7) is 4.36. The van der Waals surface area contributed by atoms with Crippen molar-refractivity contribution >= 4 is 17.5 Å². The minimum absolute atomic E-state index is 0.0639. The SMILES string of the molecule is CC1CCCC(C)N1C(=O)CNc1ccccc1C(N)=O. The van der Waals surface area contributed by atoms with E-state index in [-0.39, 0.29) is 24.5 Å². The molecular formula is C16H23N3O2. The Kier molecular flexibility index (Phi) is 4.83. The van der Waals surface area contributed by atoms with Crippen LogP contribution in [0.3, 0.4) is 0 Å². The van der Waals surface area contributed by atoms with Gasteiger partial charge in [0.2, 0.25) is 5.91 Å². The highest BCUT2D eigenvalue weighted by Gasteiger charge is 2.28. The van der Waals surface area contributed by atoms with Crippen molar-refractivity contribution in [3.05, 3.63) is 29.8 Å². The zero-order chi connectivity index (χ0) is 15.4.